The van der Waals surface area contributed by atoms with E-state index < -0.39 is 5.97 Å². The Bertz CT molecular complexity index is 308. The van der Waals surface area contributed by atoms with E-state index in [1.54, 1.807) is 6.20 Å². The van der Waals surface area contributed by atoms with E-state index in [1.807, 2.05) is 19.1 Å². The third-order valence-corrected chi connectivity index (χ3v) is 2.03. The highest BCUT2D eigenvalue weighted by atomic mass is 16.4. The molecule has 0 aromatic carbocycles. The SMILES string of the molecule is Cc1ccc([C@H](N)CCC(=O)O)cn1. The summed E-state index contributed by atoms with van der Waals surface area (Å²) in [7, 11) is 0. The fourth-order valence-corrected chi connectivity index (χ4v) is 1.14. The summed E-state index contributed by atoms with van der Waals surface area (Å²) in [5, 5.41) is 8.48. The number of hydrogen-bond acceptors (Lipinski definition) is 3. The summed E-state index contributed by atoms with van der Waals surface area (Å²) in [6.07, 6.45) is 2.23. The molecule has 0 saturated heterocycles. The van der Waals surface area contributed by atoms with Gasteiger partial charge in [0.1, 0.15) is 0 Å². The van der Waals surface area contributed by atoms with Crippen LogP contribution >= 0.6 is 0 Å². The van der Waals surface area contributed by atoms with E-state index in [-0.39, 0.29) is 12.5 Å². The summed E-state index contributed by atoms with van der Waals surface area (Å²) in [4.78, 5) is 14.4. The first-order valence-electron chi connectivity index (χ1n) is 4.49. The summed E-state index contributed by atoms with van der Waals surface area (Å²) < 4.78 is 0. The molecule has 4 nitrogen and oxygen atoms in total. The summed E-state index contributed by atoms with van der Waals surface area (Å²) in [5.74, 6) is -0.819. The number of nitrogens with zero attached hydrogens (tertiary/aromatic N) is 1. The van der Waals surface area contributed by atoms with Crippen LogP contribution < -0.4 is 5.73 Å². The van der Waals surface area contributed by atoms with E-state index in [0.29, 0.717) is 6.42 Å². The van der Waals surface area contributed by atoms with Crippen LogP contribution in [0.2, 0.25) is 0 Å². The Morgan fingerprint density at radius 3 is 2.86 bits per heavy atom. The lowest BCUT2D eigenvalue weighted by molar-refractivity contribution is -0.137. The van der Waals surface area contributed by atoms with Gasteiger partial charge in [0.2, 0.25) is 0 Å². The molecule has 0 spiro atoms. The van der Waals surface area contributed by atoms with Crippen LogP contribution in [0.1, 0.15) is 30.1 Å². The topological polar surface area (TPSA) is 76.2 Å². The van der Waals surface area contributed by atoms with Gasteiger partial charge in [0.15, 0.2) is 0 Å². The van der Waals surface area contributed by atoms with E-state index in [2.05, 4.69) is 4.98 Å². The lowest BCUT2D eigenvalue weighted by Gasteiger charge is -2.09. The van der Waals surface area contributed by atoms with Gasteiger partial charge in [0.05, 0.1) is 0 Å². The van der Waals surface area contributed by atoms with Crippen molar-refractivity contribution >= 4 is 5.97 Å². The number of carboxylic acid groups (broad SMARTS) is 1. The van der Waals surface area contributed by atoms with E-state index in [0.717, 1.165) is 11.3 Å². The molecule has 0 radical (unpaired) electrons. The maximum Gasteiger partial charge on any atom is 0.303 e. The number of pyridine rings is 1. The van der Waals surface area contributed by atoms with Crippen molar-refractivity contribution in [2.75, 3.05) is 0 Å². The Morgan fingerprint density at radius 1 is 1.64 bits per heavy atom. The minimum atomic E-state index is -0.819. The highest BCUT2D eigenvalue weighted by Crippen LogP contribution is 2.14. The van der Waals surface area contributed by atoms with Crippen LogP contribution in [0.25, 0.3) is 0 Å². The van der Waals surface area contributed by atoms with Gasteiger partial charge in [-0.05, 0) is 25.0 Å². The van der Waals surface area contributed by atoms with Crippen molar-refractivity contribution in [3.8, 4) is 0 Å². The molecule has 0 aliphatic rings. The molecule has 0 amide bonds. The molecule has 0 unspecified atom stereocenters. The Hall–Kier alpha value is -1.42. The molecule has 3 N–H and O–H groups in total. The van der Waals surface area contributed by atoms with Gasteiger partial charge in [-0.3, -0.25) is 9.78 Å². The van der Waals surface area contributed by atoms with Gasteiger partial charge in [-0.15, -0.1) is 0 Å². The highest BCUT2D eigenvalue weighted by Gasteiger charge is 2.08. The molecule has 4 heteroatoms. The number of aliphatic carboxylic acids is 1. The smallest absolute Gasteiger partial charge is 0.303 e. The second-order valence-corrected chi connectivity index (χ2v) is 3.27. The lowest BCUT2D eigenvalue weighted by atomic mass is 10.0. The number of aromatic nitrogens is 1. The normalized spacial score (nSPS) is 12.4. The molecule has 0 aliphatic carbocycles. The fourth-order valence-electron chi connectivity index (χ4n) is 1.14. The summed E-state index contributed by atoms with van der Waals surface area (Å²) >= 11 is 0. The average Bonchev–Trinajstić information content (AvgIpc) is 2.15. The lowest BCUT2D eigenvalue weighted by Crippen LogP contribution is -2.12. The monoisotopic (exact) mass is 194 g/mol. The van der Waals surface area contributed by atoms with Crippen molar-refractivity contribution in [1.82, 2.24) is 4.98 Å². The summed E-state index contributed by atoms with van der Waals surface area (Å²) in [6, 6.07) is 3.52. The number of carbonyl (C=O) groups is 1. The van der Waals surface area contributed by atoms with Crippen LogP contribution in [-0.4, -0.2) is 16.1 Å². The van der Waals surface area contributed by atoms with Gasteiger partial charge in [-0.2, -0.15) is 0 Å². The maximum atomic E-state index is 10.3. The van der Waals surface area contributed by atoms with Gasteiger partial charge < -0.3 is 10.8 Å². The zero-order valence-corrected chi connectivity index (χ0v) is 8.10. The Balaban J connectivity index is 2.56. The largest absolute Gasteiger partial charge is 0.481 e. The van der Waals surface area contributed by atoms with Crippen molar-refractivity contribution in [2.24, 2.45) is 5.73 Å². The standard InChI is InChI=1S/C10H14N2O2/c1-7-2-3-8(6-12-7)9(11)4-5-10(13)14/h2-3,6,9H,4-5,11H2,1H3,(H,13,14)/t9-/m1/s1. The van der Waals surface area contributed by atoms with Crippen LogP contribution in [0.5, 0.6) is 0 Å². The van der Waals surface area contributed by atoms with E-state index in [4.69, 9.17) is 10.8 Å². The number of nitrogens with two attached hydrogens (primary N) is 1. The van der Waals surface area contributed by atoms with Crippen LogP contribution in [-0.2, 0) is 4.79 Å². The van der Waals surface area contributed by atoms with Gasteiger partial charge in [-0.1, -0.05) is 6.07 Å². The molecule has 1 aromatic rings. The van der Waals surface area contributed by atoms with Gasteiger partial charge in [0.25, 0.3) is 0 Å². The molecule has 76 valence electrons. The number of rotatable bonds is 4. The number of aryl methyl sites for hydroxylation is 1. The third kappa shape index (κ3) is 3.14. The predicted octanol–water partition coefficient (Wildman–Crippen LogP) is 1.25. The maximum absolute atomic E-state index is 10.3. The first kappa shape index (κ1) is 10.7. The quantitative estimate of drug-likeness (QED) is 0.756. The molecule has 0 aliphatic heterocycles. The Kier molecular flexibility index (Phi) is 3.59. The molecular weight excluding hydrogens is 180 g/mol. The van der Waals surface area contributed by atoms with E-state index >= 15 is 0 Å². The van der Waals surface area contributed by atoms with Gasteiger partial charge in [0, 0.05) is 24.4 Å². The number of hydrogen-bond donors (Lipinski definition) is 2. The van der Waals surface area contributed by atoms with Crippen LogP contribution in [0.4, 0.5) is 0 Å². The molecule has 0 fully saturated rings. The zero-order valence-electron chi connectivity index (χ0n) is 8.10. The molecular formula is C10H14N2O2. The number of carboxylic acids is 1. The van der Waals surface area contributed by atoms with E-state index in [1.165, 1.54) is 0 Å². The van der Waals surface area contributed by atoms with Crippen molar-refractivity contribution in [2.45, 2.75) is 25.8 Å². The second kappa shape index (κ2) is 4.72. The van der Waals surface area contributed by atoms with Gasteiger partial charge >= 0.3 is 5.97 Å². The summed E-state index contributed by atoms with van der Waals surface area (Å²) in [6.45, 7) is 1.90. The Labute approximate surface area is 82.8 Å². The van der Waals surface area contributed by atoms with Crippen molar-refractivity contribution in [3.05, 3.63) is 29.6 Å². The first-order chi connectivity index (χ1) is 6.59. The van der Waals surface area contributed by atoms with Crippen molar-refractivity contribution in [3.63, 3.8) is 0 Å². The molecule has 0 saturated carbocycles. The van der Waals surface area contributed by atoms with Crippen LogP contribution in [0.3, 0.4) is 0 Å². The molecule has 14 heavy (non-hydrogen) atoms. The minimum Gasteiger partial charge on any atom is -0.481 e. The molecule has 1 atom stereocenters. The zero-order chi connectivity index (χ0) is 10.6. The average molecular weight is 194 g/mol. The Morgan fingerprint density at radius 2 is 2.36 bits per heavy atom. The molecule has 1 aromatic heterocycles. The minimum absolute atomic E-state index is 0.0923. The third-order valence-electron chi connectivity index (χ3n) is 2.03. The van der Waals surface area contributed by atoms with Crippen LogP contribution in [0, 0.1) is 6.92 Å². The van der Waals surface area contributed by atoms with E-state index in [9.17, 15) is 4.79 Å². The predicted molar refractivity (Wildman–Crippen MR) is 52.8 cm³/mol. The van der Waals surface area contributed by atoms with Gasteiger partial charge in [-0.25, -0.2) is 0 Å². The van der Waals surface area contributed by atoms with Crippen molar-refractivity contribution < 1.29 is 9.90 Å². The van der Waals surface area contributed by atoms with Crippen LogP contribution in [0.15, 0.2) is 18.3 Å². The first-order valence-corrected chi connectivity index (χ1v) is 4.49. The second-order valence-electron chi connectivity index (χ2n) is 3.27. The fraction of sp³-hybridized carbons (Fsp3) is 0.400. The highest BCUT2D eigenvalue weighted by molar-refractivity contribution is 5.66. The summed E-state index contributed by atoms with van der Waals surface area (Å²) in [5.41, 5.74) is 7.61. The molecule has 1 heterocycles. The molecule has 1 rings (SSSR count). The van der Waals surface area contributed by atoms with Crippen molar-refractivity contribution in [1.29, 1.82) is 0 Å². The molecule has 0 bridgehead atoms.